The van der Waals surface area contributed by atoms with Crippen LogP contribution < -0.4 is 10.5 Å². The van der Waals surface area contributed by atoms with Crippen LogP contribution in [0, 0.1) is 0 Å². The monoisotopic (exact) mass is 341 g/mol. The molecular weight excluding hydrogens is 326 g/mol. The van der Waals surface area contributed by atoms with Crippen molar-refractivity contribution >= 4 is 26.7 Å². The molecule has 0 aliphatic rings. The number of ether oxygens (including phenoxy) is 1. The first-order chi connectivity index (χ1) is 10.1. The zero-order valence-electron chi connectivity index (χ0n) is 11.7. The van der Waals surface area contributed by atoms with Crippen LogP contribution in [0.2, 0.25) is 0 Å². The molecule has 0 saturated heterocycles. The second-order valence-electron chi connectivity index (χ2n) is 5.05. The van der Waals surface area contributed by atoms with E-state index in [-0.39, 0.29) is 6.04 Å². The normalized spacial score (nSPS) is 12.3. The van der Waals surface area contributed by atoms with Gasteiger partial charge in [-0.2, -0.15) is 0 Å². The Hall–Kier alpha value is -1.84. The fourth-order valence-electron chi connectivity index (χ4n) is 2.35. The molecule has 0 bridgehead atoms. The lowest BCUT2D eigenvalue weighted by Crippen LogP contribution is -2.05. The van der Waals surface area contributed by atoms with Crippen LogP contribution in [0.5, 0.6) is 11.5 Å². The second kappa shape index (κ2) is 5.88. The Bertz CT molecular complexity index is 778. The number of hydrogen-bond acceptors (Lipinski definition) is 2. The summed E-state index contributed by atoms with van der Waals surface area (Å²) < 4.78 is 7.00. The minimum atomic E-state index is -0.00835. The van der Waals surface area contributed by atoms with Crippen LogP contribution >= 0.6 is 15.9 Å². The average Bonchev–Trinajstić information content (AvgIpc) is 2.47. The smallest absolute Gasteiger partial charge is 0.135 e. The molecule has 0 amide bonds. The highest BCUT2D eigenvalue weighted by Crippen LogP contribution is 2.32. The number of hydrogen-bond donors (Lipinski definition) is 1. The van der Waals surface area contributed by atoms with Crippen LogP contribution in [0.25, 0.3) is 10.8 Å². The Morgan fingerprint density at radius 3 is 2.52 bits per heavy atom. The van der Waals surface area contributed by atoms with E-state index < -0.39 is 0 Å². The molecule has 0 fully saturated rings. The van der Waals surface area contributed by atoms with E-state index in [4.69, 9.17) is 10.5 Å². The number of benzene rings is 3. The molecule has 1 unspecified atom stereocenters. The maximum Gasteiger partial charge on any atom is 0.135 e. The topological polar surface area (TPSA) is 35.2 Å². The molecule has 0 spiro atoms. The fraction of sp³-hybridized carbons (Fsp3) is 0.111. The van der Waals surface area contributed by atoms with Crippen LogP contribution in [-0.4, -0.2) is 0 Å². The highest BCUT2D eigenvalue weighted by molar-refractivity contribution is 9.10. The molecule has 3 aromatic carbocycles. The maximum atomic E-state index is 6.04. The zero-order valence-corrected chi connectivity index (χ0v) is 13.3. The Morgan fingerprint density at radius 1 is 1.00 bits per heavy atom. The predicted molar refractivity (Wildman–Crippen MR) is 90.8 cm³/mol. The minimum Gasteiger partial charge on any atom is -0.457 e. The Balaban J connectivity index is 1.97. The van der Waals surface area contributed by atoms with Crippen molar-refractivity contribution in [3.05, 3.63) is 70.7 Å². The number of rotatable bonds is 3. The van der Waals surface area contributed by atoms with Gasteiger partial charge in [0.2, 0.25) is 0 Å². The van der Waals surface area contributed by atoms with Gasteiger partial charge in [-0.15, -0.1) is 0 Å². The Morgan fingerprint density at radius 2 is 1.76 bits per heavy atom. The van der Waals surface area contributed by atoms with Crippen molar-refractivity contribution < 1.29 is 4.74 Å². The first-order valence-electron chi connectivity index (χ1n) is 6.86. The summed E-state index contributed by atoms with van der Waals surface area (Å²) in [6.45, 7) is 1.96. The molecule has 2 nitrogen and oxygen atoms in total. The maximum absolute atomic E-state index is 6.04. The highest BCUT2D eigenvalue weighted by atomic mass is 79.9. The van der Waals surface area contributed by atoms with Gasteiger partial charge in [0.05, 0.1) is 0 Å². The Kier molecular flexibility index (Phi) is 3.95. The van der Waals surface area contributed by atoms with E-state index in [1.54, 1.807) is 0 Å². The second-order valence-corrected chi connectivity index (χ2v) is 5.91. The number of fused-ring (bicyclic) bond motifs is 1. The van der Waals surface area contributed by atoms with Gasteiger partial charge in [0.1, 0.15) is 11.5 Å². The molecule has 0 aliphatic heterocycles. The third-order valence-electron chi connectivity index (χ3n) is 3.44. The SMILES string of the molecule is CC(N)c1ccc(Oc2cccc3ccccc23)cc1Br. The number of halogens is 1. The highest BCUT2D eigenvalue weighted by Gasteiger charge is 2.08. The van der Waals surface area contributed by atoms with Crippen molar-refractivity contribution in [3.8, 4) is 11.5 Å². The molecule has 0 heterocycles. The van der Waals surface area contributed by atoms with E-state index in [0.717, 1.165) is 26.9 Å². The third kappa shape index (κ3) is 2.94. The number of nitrogens with two attached hydrogens (primary N) is 1. The summed E-state index contributed by atoms with van der Waals surface area (Å²) in [5, 5.41) is 2.27. The van der Waals surface area contributed by atoms with Crippen molar-refractivity contribution in [1.29, 1.82) is 0 Å². The largest absolute Gasteiger partial charge is 0.457 e. The van der Waals surface area contributed by atoms with E-state index in [2.05, 4.69) is 34.1 Å². The summed E-state index contributed by atoms with van der Waals surface area (Å²) >= 11 is 3.55. The fourth-order valence-corrected chi connectivity index (χ4v) is 3.07. The van der Waals surface area contributed by atoms with Crippen molar-refractivity contribution in [2.75, 3.05) is 0 Å². The molecular formula is C18H16BrNO. The quantitative estimate of drug-likeness (QED) is 0.690. The first-order valence-corrected chi connectivity index (χ1v) is 7.65. The van der Waals surface area contributed by atoms with E-state index in [9.17, 15) is 0 Å². The van der Waals surface area contributed by atoms with Crippen molar-refractivity contribution in [2.45, 2.75) is 13.0 Å². The van der Waals surface area contributed by atoms with Crippen molar-refractivity contribution in [1.82, 2.24) is 0 Å². The van der Waals surface area contributed by atoms with Crippen molar-refractivity contribution in [2.24, 2.45) is 5.73 Å². The van der Waals surface area contributed by atoms with Gasteiger partial charge in [-0.3, -0.25) is 0 Å². The van der Waals surface area contributed by atoms with Crippen LogP contribution in [0.15, 0.2) is 65.1 Å². The van der Waals surface area contributed by atoms with Gasteiger partial charge in [-0.05, 0) is 36.1 Å². The molecule has 2 N–H and O–H groups in total. The summed E-state index contributed by atoms with van der Waals surface area (Å²) in [4.78, 5) is 0. The lowest BCUT2D eigenvalue weighted by atomic mass is 10.1. The average molecular weight is 342 g/mol. The van der Waals surface area contributed by atoms with Crippen LogP contribution in [0.1, 0.15) is 18.5 Å². The van der Waals surface area contributed by atoms with E-state index in [1.807, 2.05) is 49.4 Å². The molecule has 3 aromatic rings. The molecule has 1 atom stereocenters. The Labute approximate surface area is 132 Å². The van der Waals surface area contributed by atoms with E-state index in [1.165, 1.54) is 5.39 Å². The molecule has 0 aromatic heterocycles. The summed E-state index contributed by atoms with van der Waals surface area (Å²) in [7, 11) is 0. The zero-order chi connectivity index (χ0) is 14.8. The van der Waals surface area contributed by atoms with Gasteiger partial charge in [0, 0.05) is 15.9 Å². The molecule has 3 heteroatoms. The van der Waals surface area contributed by atoms with Gasteiger partial charge in [0.15, 0.2) is 0 Å². The van der Waals surface area contributed by atoms with E-state index in [0.29, 0.717) is 0 Å². The summed E-state index contributed by atoms with van der Waals surface area (Å²) in [5.74, 6) is 1.65. The van der Waals surface area contributed by atoms with E-state index >= 15 is 0 Å². The molecule has 21 heavy (non-hydrogen) atoms. The van der Waals surface area contributed by atoms with Crippen LogP contribution in [0.3, 0.4) is 0 Å². The van der Waals surface area contributed by atoms with Crippen LogP contribution in [0.4, 0.5) is 0 Å². The molecule has 0 saturated carbocycles. The molecule has 106 valence electrons. The minimum absolute atomic E-state index is 0.00835. The van der Waals surface area contributed by atoms with Crippen LogP contribution in [-0.2, 0) is 0 Å². The lowest BCUT2D eigenvalue weighted by molar-refractivity contribution is 0.487. The third-order valence-corrected chi connectivity index (χ3v) is 4.13. The predicted octanol–water partition coefficient (Wildman–Crippen LogP) is 5.41. The van der Waals surface area contributed by atoms with Gasteiger partial charge in [0.25, 0.3) is 0 Å². The molecule has 3 rings (SSSR count). The van der Waals surface area contributed by atoms with Crippen molar-refractivity contribution in [3.63, 3.8) is 0 Å². The first kappa shape index (κ1) is 14.1. The lowest BCUT2D eigenvalue weighted by Gasteiger charge is -2.12. The van der Waals surface area contributed by atoms with Gasteiger partial charge >= 0.3 is 0 Å². The molecule has 0 radical (unpaired) electrons. The van der Waals surface area contributed by atoms with Gasteiger partial charge in [-0.25, -0.2) is 0 Å². The summed E-state index contributed by atoms with van der Waals surface area (Å²) in [6.07, 6.45) is 0. The van der Waals surface area contributed by atoms with Gasteiger partial charge in [-0.1, -0.05) is 58.4 Å². The summed E-state index contributed by atoms with van der Waals surface area (Å²) in [6, 6.07) is 20.2. The summed E-state index contributed by atoms with van der Waals surface area (Å²) in [5.41, 5.74) is 6.99. The van der Waals surface area contributed by atoms with Gasteiger partial charge < -0.3 is 10.5 Å². The molecule has 0 aliphatic carbocycles. The standard InChI is InChI=1S/C18H16BrNO/c1-12(20)15-10-9-14(11-17(15)19)21-18-8-4-6-13-5-2-3-7-16(13)18/h2-12H,20H2,1H3.